The normalized spacial score (nSPS) is 12.0. The third-order valence-electron chi connectivity index (χ3n) is 5.71. The lowest BCUT2D eigenvalue weighted by Crippen LogP contribution is -2.20. The van der Waals surface area contributed by atoms with Crippen LogP contribution in [0.5, 0.6) is 0 Å². The first-order valence-corrected chi connectivity index (χ1v) is 15.2. The van der Waals surface area contributed by atoms with E-state index in [1.54, 1.807) is 12.1 Å². The number of sulfonamides is 1. The minimum absolute atomic E-state index is 0.0847. The van der Waals surface area contributed by atoms with E-state index >= 15 is 0 Å². The molecule has 0 amide bonds. The quantitative estimate of drug-likeness (QED) is 0.317. The molecule has 4 aromatic rings. The summed E-state index contributed by atoms with van der Waals surface area (Å²) in [4.78, 5) is 9.06. The number of nitrogens with one attached hydrogen (secondary N) is 1. The van der Waals surface area contributed by atoms with Crippen LogP contribution in [-0.2, 0) is 20.8 Å². The van der Waals surface area contributed by atoms with Crippen molar-refractivity contribution in [3.8, 4) is 11.3 Å². The van der Waals surface area contributed by atoms with Crippen LogP contribution < -0.4 is 15.3 Å². The number of rotatable bonds is 8. The number of hydrogen-bond donors (Lipinski definition) is 1. The van der Waals surface area contributed by atoms with E-state index in [1.165, 1.54) is 12.1 Å². The van der Waals surface area contributed by atoms with Crippen LogP contribution in [-0.4, -0.2) is 24.6 Å². The van der Waals surface area contributed by atoms with Gasteiger partial charge in [0.05, 0.1) is 17.6 Å². The second-order valence-electron chi connectivity index (χ2n) is 8.86. The van der Waals surface area contributed by atoms with E-state index in [4.69, 9.17) is 0 Å². The predicted octanol–water partition coefficient (Wildman–Crippen LogP) is 5.29. The topological polar surface area (TPSA) is 89.0 Å². The molecule has 1 heterocycles. The van der Waals surface area contributed by atoms with Crippen LogP contribution in [0, 0.1) is 5.82 Å². The van der Waals surface area contributed by atoms with Crippen molar-refractivity contribution in [3.63, 3.8) is 0 Å². The summed E-state index contributed by atoms with van der Waals surface area (Å²) in [5.74, 6) is -0.631. The highest BCUT2D eigenvalue weighted by Crippen LogP contribution is 2.49. The molecule has 186 valence electrons. The second kappa shape index (κ2) is 10.3. The molecule has 9 heteroatoms. The molecule has 0 aliphatic heterocycles. The van der Waals surface area contributed by atoms with Crippen molar-refractivity contribution in [1.29, 1.82) is 0 Å². The monoisotopic (exact) mass is 523 g/mol. The number of benzene rings is 3. The maximum Gasteiger partial charge on any atom is 0.237 e. The van der Waals surface area contributed by atoms with Crippen molar-refractivity contribution in [2.75, 3.05) is 11.0 Å². The van der Waals surface area contributed by atoms with Crippen molar-refractivity contribution < 1.29 is 17.4 Å². The van der Waals surface area contributed by atoms with Gasteiger partial charge in [0.15, 0.2) is 0 Å². The van der Waals surface area contributed by atoms with Crippen LogP contribution in [0.4, 0.5) is 10.3 Å². The van der Waals surface area contributed by atoms with Gasteiger partial charge in [-0.05, 0) is 30.2 Å². The van der Waals surface area contributed by atoms with Crippen molar-refractivity contribution >= 4 is 33.7 Å². The van der Waals surface area contributed by atoms with E-state index in [2.05, 4.69) is 14.7 Å². The van der Waals surface area contributed by atoms with E-state index < -0.39 is 23.0 Å². The number of aromatic nitrogens is 2. The van der Waals surface area contributed by atoms with Gasteiger partial charge in [0, 0.05) is 27.9 Å². The molecule has 36 heavy (non-hydrogen) atoms. The van der Waals surface area contributed by atoms with Gasteiger partial charge >= 0.3 is 0 Å². The molecule has 0 aliphatic rings. The minimum atomic E-state index is -3.65. The Morgan fingerprint density at radius 1 is 0.861 bits per heavy atom. The summed E-state index contributed by atoms with van der Waals surface area (Å²) in [7, 11) is -6.87. The fourth-order valence-corrected chi connectivity index (χ4v) is 7.24. The zero-order valence-corrected chi connectivity index (χ0v) is 21.9. The lowest BCUT2D eigenvalue weighted by Gasteiger charge is -2.24. The molecular weight excluding hydrogens is 496 g/mol. The Bertz CT molecular complexity index is 1470. The molecule has 0 bridgehead atoms. The van der Waals surface area contributed by atoms with Crippen LogP contribution in [0.1, 0.15) is 31.0 Å². The summed E-state index contributed by atoms with van der Waals surface area (Å²) in [6, 6.07) is 24.3. The molecule has 3 aromatic carbocycles. The minimum Gasteiger partial charge on any atom is -0.313 e. The van der Waals surface area contributed by atoms with E-state index in [-0.39, 0.29) is 18.0 Å². The van der Waals surface area contributed by atoms with Crippen molar-refractivity contribution in [3.05, 3.63) is 102 Å². The molecule has 0 saturated heterocycles. The van der Waals surface area contributed by atoms with E-state index in [1.807, 2.05) is 74.5 Å². The van der Waals surface area contributed by atoms with Gasteiger partial charge in [-0.1, -0.05) is 74.5 Å². The number of hydrogen-bond acceptors (Lipinski definition) is 5. The molecule has 0 fully saturated rings. The van der Waals surface area contributed by atoms with Gasteiger partial charge in [-0.3, -0.25) is 4.72 Å². The highest BCUT2D eigenvalue weighted by atomic mass is 32.2. The van der Waals surface area contributed by atoms with Gasteiger partial charge in [-0.15, -0.1) is 0 Å². The standard InChI is InChI=1S/C27H27FN3O3PS/c1-19(2)25-24(18-35(32,22-10-6-4-7-11-22)23-12-8-5-9-13-23)26(20-14-16-21(28)17-15-20)30-27(29-25)31-36(3,33)34/h4-17,19H,18H2,1-3H3,(H,29,30,31). The van der Waals surface area contributed by atoms with Gasteiger partial charge in [0.2, 0.25) is 16.0 Å². The second-order valence-corrected chi connectivity index (χ2v) is 13.4. The van der Waals surface area contributed by atoms with E-state index in [9.17, 15) is 17.4 Å². The molecule has 6 nitrogen and oxygen atoms in total. The van der Waals surface area contributed by atoms with Gasteiger partial charge in [0.25, 0.3) is 0 Å². The molecule has 1 N–H and O–H groups in total. The Balaban J connectivity index is 2.00. The van der Waals surface area contributed by atoms with Crippen molar-refractivity contribution in [2.45, 2.75) is 25.9 Å². The highest BCUT2D eigenvalue weighted by Gasteiger charge is 2.32. The summed E-state index contributed by atoms with van der Waals surface area (Å²) in [6.45, 7) is 3.86. The van der Waals surface area contributed by atoms with Crippen LogP contribution in [0.25, 0.3) is 11.3 Å². The molecule has 4 rings (SSSR count). The maximum absolute atomic E-state index is 14.9. The van der Waals surface area contributed by atoms with Crippen LogP contribution >= 0.6 is 7.14 Å². The average molecular weight is 524 g/mol. The van der Waals surface area contributed by atoms with Gasteiger partial charge < -0.3 is 4.57 Å². The summed E-state index contributed by atoms with van der Waals surface area (Å²) < 4.78 is 54.9. The third-order valence-corrected chi connectivity index (χ3v) is 9.29. The molecule has 1 aromatic heterocycles. The SMILES string of the molecule is CC(C)c1nc(NS(C)(=O)=O)nc(-c2ccc(F)cc2)c1CP(=O)(c1ccccc1)c1ccccc1. The number of nitrogens with zero attached hydrogens (tertiary/aromatic N) is 2. The summed E-state index contributed by atoms with van der Waals surface area (Å²) in [6.07, 6.45) is 1.14. The molecule has 0 saturated carbocycles. The van der Waals surface area contributed by atoms with E-state index in [0.29, 0.717) is 33.1 Å². The molecule has 0 atom stereocenters. The first kappa shape index (κ1) is 25.7. The summed E-state index contributed by atoms with van der Waals surface area (Å²) in [5.41, 5.74) is 2.18. The van der Waals surface area contributed by atoms with Crippen molar-refractivity contribution in [2.24, 2.45) is 0 Å². The zero-order valence-electron chi connectivity index (χ0n) is 20.2. The third kappa shape index (κ3) is 5.72. The lowest BCUT2D eigenvalue weighted by molar-refractivity contribution is 0.586. The molecule has 0 spiro atoms. The largest absolute Gasteiger partial charge is 0.313 e. The van der Waals surface area contributed by atoms with E-state index in [0.717, 1.165) is 6.26 Å². The Hall–Kier alpha value is -3.35. The summed E-state index contributed by atoms with van der Waals surface area (Å²) in [5, 5.41) is 1.38. The number of anilines is 1. The predicted molar refractivity (Wildman–Crippen MR) is 143 cm³/mol. The number of halogens is 1. The summed E-state index contributed by atoms with van der Waals surface area (Å²) >= 11 is 0. The Kier molecular flexibility index (Phi) is 7.38. The fraction of sp³-hybridized carbons (Fsp3) is 0.185. The van der Waals surface area contributed by atoms with Crippen molar-refractivity contribution in [1.82, 2.24) is 9.97 Å². The van der Waals surface area contributed by atoms with Crippen LogP contribution in [0.2, 0.25) is 0 Å². The van der Waals surface area contributed by atoms with Gasteiger partial charge in [-0.2, -0.15) is 0 Å². The van der Waals surface area contributed by atoms with Crippen LogP contribution in [0.3, 0.4) is 0 Å². The molecular formula is C27H27FN3O3PS. The zero-order chi connectivity index (χ0) is 25.9. The molecule has 0 unspecified atom stereocenters. The van der Waals surface area contributed by atoms with Gasteiger partial charge in [-0.25, -0.2) is 22.8 Å². The molecule has 0 radical (unpaired) electrons. The maximum atomic E-state index is 14.9. The van der Waals surface area contributed by atoms with Gasteiger partial charge in [0.1, 0.15) is 13.0 Å². The smallest absolute Gasteiger partial charge is 0.237 e. The molecule has 0 aliphatic carbocycles. The fourth-order valence-electron chi connectivity index (χ4n) is 4.08. The Morgan fingerprint density at radius 3 is 1.86 bits per heavy atom. The first-order valence-electron chi connectivity index (χ1n) is 11.4. The first-order chi connectivity index (χ1) is 17.1. The lowest BCUT2D eigenvalue weighted by atomic mass is 9.99. The Labute approximate surface area is 211 Å². The average Bonchev–Trinajstić information content (AvgIpc) is 2.85. The highest BCUT2D eigenvalue weighted by molar-refractivity contribution is 7.92. The Morgan fingerprint density at radius 2 is 1.39 bits per heavy atom. The van der Waals surface area contributed by atoms with Crippen LogP contribution in [0.15, 0.2) is 84.9 Å².